The molecule has 0 atom stereocenters. The zero-order valence-electron chi connectivity index (χ0n) is 17.3. The van der Waals surface area contributed by atoms with Crippen molar-refractivity contribution in [2.24, 2.45) is 0 Å². The number of carbonyl (C=O) groups excluding carboxylic acids is 2. The van der Waals surface area contributed by atoms with Gasteiger partial charge in [-0.15, -0.1) is 0 Å². The number of amides is 2. The third-order valence-corrected chi connectivity index (χ3v) is 5.96. The molecule has 1 N–H and O–H groups in total. The van der Waals surface area contributed by atoms with Crippen molar-refractivity contribution >= 4 is 40.9 Å². The van der Waals surface area contributed by atoms with Gasteiger partial charge in [-0.2, -0.15) is 0 Å². The number of aromatic nitrogens is 1. The van der Waals surface area contributed by atoms with E-state index in [2.05, 4.69) is 11.4 Å². The first-order valence-corrected chi connectivity index (χ1v) is 10.8. The minimum absolute atomic E-state index is 0.00177. The van der Waals surface area contributed by atoms with Gasteiger partial charge in [-0.1, -0.05) is 11.6 Å². The van der Waals surface area contributed by atoms with E-state index >= 15 is 0 Å². The fourth-order valence-corrected chi connectivity index (χ4v) is 4.18. The summed E-state index contributed by atoms with van der Waals surface area (Å²) in [5, 5.41) is 13.6. The monoisotopic (exact) mass is 450 g/mol. The predicted octanol–water partition coefficient (Wildman–Crippen LogP) is 3.90. The Morgan fingerprint density at radius 1 is 1.16 bits per heavy atom. The molecule has 4 rings (SSSR count). The van der Waals surface area contributed by atoms with Crippen LogP contribution in [0.25, 0.3) is 11.8 Å². The van der Waals surface area contributed by atoms with Crippen molar-refractivity contribution in [3.63, 3.8) is 0 Å². The fraction of sp³-hybridized carbons (Fsp3) is 0.261. The van der Waals surface area contributed by atoms with Crippen molar-refractivity contribution in [2.45, 2.75) is 32.1 Å². The topological polar surface area (TPSA) is 97.5 Å². The largest absolute Gasteiger partial charge is 0.317 e. The maximum atomic E-state index is 13.1. The zero-order valence-corrected chi connectivity index (χ0v) is 18.1. The molecule has 0 bridgehead atoms. The zero-order chi connectivity index (χ0) is 22.7. The van der Waals surface area contributed by atoms with E-state index in [1.165, 1.54) is 35.1 Å². The first kappa shape index (κ1) is 21.6. The number of thiocarbonyl (C=S) groups is 1. The minimum atomic E-state index is -0.537. The lowest BCUT2D eigenvalue weighted by atomic mass is 9.97. The van der Waals surface area contributed by atoms with Gasteiger partial charge in [0, 0.05) is 36.3 Å². The molecule has 9 heteroatoms. The van der Waals surface area contributed by atoms with Crippen LogP contribution in [0, 0.1) is 10.1 Å². The quantitative estimate of drug-likeness (QED) is 0.180. The third kappa shape index (κ3) is 4.52. The van der Waals surface area contributed by atoms with Crippen molar-refractivity contribution in [1.82, 2.24) is 14.8 Å². The first-order chi connectivity index (χ1) is 15.4. The summed E-state index contributed by atoms with van der Waals surface area (Å²) in [5.41, 5.74) is 2.58. The minimum Gasteiger partial charge on any atom is -0.317 e. The number of non-ortho nitro benzene ring substituents is 1. The van der Waals surface area contributed by atoms with Crippen LogP contribution in [0.4, 0.5) is 5.69 Å². The predicted molar refractivity (Wildman–Crippen MR) is 124 cm³/mol. The molecule has 0 spiro atoms. The number of hydrogen-bond acceptors (Lipinski definition) is 5. The average molecular weight is 451 g/mol. The Kier molecular flexibility index (Phi) is 6.27. The Bertz CT molecular complexity index is 1150. The molecule has 2 aliphatic rings. The highest BCUT2D eigenvalue weighted by molar-refractivity contribution is 7.80. The maximum Gasteiger partial charge on any atom is 0.269 e. The second-order valence-electron chi connectivity index (χ2n) is 7.71. The van der Waals surface area contributed by atoms with Crippen molar-refractivity contribution < 1.29 is 14.5 Å². The fourth-order valence-electron chi connectivity index (χ4n) is 3.91. The van der Waals surface area contributed by atoms with Crippen molar-refractivity contribution in [2.75, 3.05) is 6.54 Å². The summed E-state index contributed by atoms with van der Waals surface area (Å²) in [7, 11) is 0. The van der Waals surface area contributed by atoms with Crippen LogP contribution in [-0.4, -0.2) is 37.9 Å². The molecule has 0 radical (unpaired) electrons. The number of rotatable bonds is 6. The van der Waals surface area contributed by atoms with Gasteiger partial charge in [-0.05, 0) is 74.7 Å². The van der Waals surface area contributed by atoms with E-state index in [0.717, 1.165) is 25.7 Å². The number of nitrogens with one attached hydrogen (secondary N) is 1. The second kappa shape index (κ2) is 9.27. The molecule has 2 amide bonds. The molecule has 164 valence electrons. The van der Waals surface area contributed by atoms with Crippen LogP contribution in [0.1, 0.15) is 37.8 Å². The SMILES string of the molecule is O=C1NC(=S)N(CCC2=CCCCC2)C(=O)C1=Cc1cccn1-c1ccc([N+](=O)[O-])cc1. The number of nitro groups is 1. The average Bonchev–Trinajstić information content (AvgIpc) is 3.25. The third-order valence-electron chi connectivity index (χ3n) is 5.64. The summed E-state index contributed by atoms with van der Waals surface area (Å²) in [5.74, 6) is -0.962. The van der Waals surface area contributed by atoms with Gasteiger partial charge in [0.05, 0.1) is 4.92 Å². The molecule has 1 aromatic heterocycles. The van der Waals surface area contributed by atoms with Crippen molar-refractivity contribution in [3.05, 3.63) is 75.6 Å². The number of allylic oxidation sites excluding steroid dienone is 1. The lowest BCUT2D eigenvalue weighted by Crippen LogP contribution is -2.54. The first-order valence-electron chi connectivity index (χ1n) is 10.4. The maximum absolute atomic E-state index is 13.1. The van der Waals surface area contributed by atoms with E-state index in [-0.39, 0.29) is 16.4 Å². The summed E-state index contributed by atoms with van der Waals surface area (Å²) in [4.78, 5) is 37.5. The molecule has 1 aliphatic carbocycles. The Balaban J connectivity index is 1.57. The second-order valence-corrected chi connectivity index (χ2v) is 8.10. The number of carbonyl (C=O) groups is 2. The van der Waals surface area contributed by atoms with Gasteiger partial charge < -0.3 is 4.57 Å². The van der Waals surface area contributed by atoms with E-state index in [0.29, 0.717) is 17.9 Å². The molecule has 2 aromatic rings. The highest BCUT2D eigenvalue weighted by atomic mass is 32.1. The highest BCUT2D eigenvalue weighted by Crippen LogP contribution is 2.23. The number of hydrogen-bond donors (Lipinski definition) is 1. The van der Waals surface area contributed by atoms with Crippen molar-refractivity contribution in [3.8, 4) is 5.69 Å². The standard InChI is InChI=1S/C23H22N4O4S/c28-21-20(22(29)26(23(32)24-21)14-12-16-5-2-1-3-6-16)15-19-7-4-13-25(19)17-8-10-18(11-9-17)27(30)31/h4-5,7-11,13,15H,1-3,6,12,14H2,(H,24,28,32). The summed E-state index contributed by atoms with van der Waals surface area (Å²) >= 11 is 5.25. The van der Waals surface area contributed by atoms with Crippen molar-refractivity contribution in [1.29, 1.82) is 0 Å². The van der Waals surface area contributed by atoms with Gasteiger partial charge in [-0.3, -0.25) is 29.9 Å². The van der Waals surface area contributed by atoms with E-state index in [1.54, 1.807) is 35.0 Å². The Morgan fingerprint density at radius 2 is 1.94 bits per heavy atom. The lowest BCUT2D eigenvalue weighted by molar-refractivity contribution is -0.384. The molecule has 1 aliphatic heterocycles. The van der Waals surface area contributed by atoms with Crippen LogP contribution >= 0.6 is 12.2 Å². The van der Waals surface area contributed by atoms with Crippen LogP contribution in [0.2, 0.25) is 0 Å². The normalized spacial score (nSPS) is 18.0. The number of nitro benzene ring substituents is 1. The summed E-state index contributed by atoms with van der Waals surface area (Å²) in [6.07, 6.45) is 10.7. The van der Waals surface area contributed by atoms with Crippen LogP contribution in [0.15, 0.2) is 59.8 Å². The van der Waals surface area contributed by atoms with E-state index < -0.39 is 16.7 Å². The van der Waals surface area contributed by atoms with E-state index in [9.17, 15) is 19.7 Å². The Hall–Kier alpha value is -3.59. The Labute approximate surface area is 190 Å². The van der Waals surface area contributed by atoms with Crippen LogP contribution in [0.5, 0.6) is 0 Å². The molecular formula is C23H22N4O4S. The van der Waals surface area contributed by atoms with Gasteiger partial charge in [0.15, 0.2) is 5.11 Å². The molecule has 1 saturated heterocycles. The molecule has 0 unspecified atom stereocenters. The van der Waals surface area contributed by atoms with Gasteiger partial charge in [0.1, 0.15) is 5.57 Å². The van der Waals surface area contributed by atoms with Gasteiger partial charge >= 0.3 is 0 Å². The summed E-state index contributed by atoms with van der Waals surface area (Å²) < 4.78 is 1.75. The van der Waals surface area contributed by atoms with Gasteiger partial charge in [0.25, 0.3) is 17.5 Å². The summed E-state index contributed by atoms with van der Waals surface area (Å²) in [6, 6.07) is 9.58. The summed E-state index contributed by atoms with van der Waals surface area (Å²) in [6.45, 7) is 0.421. The van der Waals surface area contributed by atoms with Crippen LogP contribution < -0.4 is 5.32 Å². The lowest BCUT2D eigenvalue weighted by Gasteiger charge is -2.29. The number of nitrogens with zero attached hydrogens (tertiary/aromatic N) is 3. The Morgan fingerprint density at radius 3 is 2.62 bits per heavy atom. The smallest absolute Gasteiger partial charge is 0.269 e. The van der Waals surface area contributed by atoms with E-state index in [1.807, 2.05) is 0 Å². The van der Waals surface area contributed by atoms with E-state index in [4.69, 9.17) is 12.2 Å². The van der Waals surface area contributed by atoms with Gasteiger partial charge in [-0.25, -0.2) is 0 Å². The van der Waals surface area contributed by atoms with Crippen LogP contribution in [-0.2, 0) is 9.59 Å². The van der Waals surface area contributed by atoms with Gasteiger partial charge in [0.2, 0.25) is 0 Å². The highest BCUT2D eigenvalue weighted by Gasteiger charge is 2.33. The molecule has 0 saturated carbocycles. The van der Waals surface area contributed by atoms with Crippen LogP contribution in [0.3, 0.4) is 0 Å². The molecule has 8 nitrogen and oxygen atoms in total. The number of benzene rings is 1. The molecule has 1 aromatic carbocycles. The molecule has 2 heterocycles. The molecule has 1 fully saturated rings. The molecule has 32 heavy (non-hydrogen) atoms. The molecular weight excluding hydrogens is 428 g/mol.